The van der Waals surface area contributed by atoms with Crippen molar-refractivity contribution in [3.63, 3.8) is 0 Å². The summed E-state index contributed by atoms with van der Waals surface area (Å²) in [6.45, 7) is 0. The molecule has 1 N–H and O–H groups in total. The highest BCUT2D eigenvalue weighted by atomic mass is 32.2. The molecule has 0 saturated heterocycles. The number of benzene rings is 1. The first-order chi connectivity index (χ1) is 7.38. The van der Waals surface area contributed by atoms with E-state index in [4.69, 9.17) is 5.11 Å². The zero-order valence-corrected chi connectivity index (χ0v) is 9.80. The van der Waals surface area contributed by atoms with E-state index in [2.05, 4.69) is 4.98 Å². The molecule has 84 valence electrons. The van der Waals surface area contributed by atoms with E-state index in [0.29, 0.717) is 10.2 Å². The maximum Gasteiger partial charge on any atom is 0.335 e. The van der Waals surface area contributed by atoms with Crippen molar-refractivity contribution in [2.24, 2.45) is 0 Å². The van der Waals surface area contributed by atoms with Gasteiger partial charge >= 0.3 is 5.97 Å². The number of carboxylic acid groups (broad SMARTS) is 1. The maximum atomic E-state index is 11.3. The summed E-state index contributed by atoms with van der Waals surface area (Å²) in [5, 5.41) is 8.78. The summed E-state index contributed by atoms with van der Waals surface area (Å²) in [4.78, 5) is 14.6. The second-order valence-corrected chi connectivity index (χ2v) is 6.46. The van der Waals surface area contributed by atoms with Gasteiger partial charge in [-0.05, 0) is 18.2 Å². The Kier molecular flexibility index (Phi) is 2.43. The van der Waals surface area contributed by atoms with E-state index in [1.165, 1.54) is 18.2 Å². The van der Waals surface area contributed by atoms with E-state index in [1.54, 1.807) is 0 Å². The van der Waals surface area contributed by atoms with E-state index in [1.807, 2.05) is 0 Å². The minimum absolute atomic E-state index is 0.00467. The first-order valence-electron chi connectivity index (χ1n) is 4.22. The number of sulfone groups is 1. The minimum atomic E-state index is -3.34. The first-order valence-corrected chi connectivity index (χ1v) is 6.92. The first kappa shape index (κ1) is 11.0. The van der Waals surface area contributed by atoms with Crippen molar-refractivity contribution in [2.45, 2.75) is 4.34 Å². The van der Waals surface area contributed by atoms with E-state index in [9.17, 15) is 13.2 Å². The summed E-state index contributed by atoms with van der Waals surface area (Å²) >= 11 is 0.973. The fraction of sp³-hybridized carbons (Fsp3) is 0.111. The molecule has 1 heterocycles. The molecule has 16 heavy (non-hydrogen) atoms. The fourth-order valence-corrected chi connectivity index (χ4v) is 3.07. The largest absolute Gasteiger partial charge is 0.478 e. The van der Waals surface area contributed by atoms with Gasteiger partial charge in [-0.1, -0.05) is 0 Å². The Bertz CT molecular complexity index is 672. The van der Waals surface area contributed by atoms with Gasteiger partial charge in [-0.25, -0.2) is 18.2 Å². The number of aromatic carboxylic acids is 1. The van der Waals surface area contributed by atoms with Gasteiger partial charge in [-0.3, -0.25) is 0 Å². The van der Waals surface area contributed by atoms with Gasteiger partial charge in [0.25, 0.3) is 0 Å². The van der Waals surface area contributed by atoms with Crippen LogP contribution < -0.4 is 0 Å². The van der Waals surface area contributed by atoms with Crippen LogP contribution in [0.15, 0.2) is 22.5 Å². The van der Waals surface area contributed by atoms with E-state index in [0.717, 1.165) is 17.6 Å². The molecule has 7 heteroatoms. The highest BCUT2D eigenvalue weighted by Crippen LogP contribution is 2.26. The molecule has 0 saturated carbocycles. The van der Waals surface area contributed by atoms with Crippen LogP contribution in [0.1, 0.15) is 10.4 Å². The topological polar surface area (TPSA) is 84.3 Å². The molecule has 1 aromatic heterocycles. The van der Waals surface area contributed by atoms with Crippen LogP contribution in [0, 0.1) is 0 Å². The summed E-state index contributed by atoms with van der Waals surface area (Å²) in [5.74, 6) is -1.05. The Morgan fingerprint density at radius 3 is 2.69 bits per heavy atom. The molecular weight excluding hydrogens is 250 g/mol. The average Bonchev–Trinajstić information content (AvgIpc) is 2.58. The van der Waals surface area contributed by atoms with Crippen LogP contribution in [0.3, 0.4) is 0 Å². The van der Waals surface area contributed by atoms with Crippen LogP contribution in [0.5, 0.6) is 0 Å². The Balaban J connectivity index is 2.68. The normalized spacial score (nSPS) is 11.8. The Labute approximate surface area is 95.3 Å². The van der Waals surface area contributed by atoms with Gasteiger partial charge < -0.3 is 5.11 Å². The number of rotatable bonds is 2. The van der Waals surface area contributed by atoms with Crippen LogP contribution in [-0.4, -0.2) is 30.7 Å². The lowest BCUT2D eigenvalue weighted by atomic mass is 10.2. The van der Waals surface area contributed by atoms with Crippen LogP contribution >= 0.6 is 11.3 Å². The molecular formula is C9H7NO4S2. The monoisotopic (exact) mass is 257 g/mol. The van der Waals surface area contributed by atoms with Crippen LogP contribution in [0.25, 0.3) is 10.2 Å². The predicted octanol–water partition coefficient (Wildman–Crippen LogP) is 1.40. The van der Waals surface area contributed by atoms with Crippen LogP contribution in [-0.2, 0) is 9.84 Å². The number of carbonyl (C=O) groups is 1. The zero-order valence-electron chi connectivity index (χ0n) is 8.17. The SMILES string of the molecule is CS(=O)(=O)c1nc2ccc(C(=O)O)cc2s1. The molecule has 0 radical (unpaired) electrons. The van der Waals surface area contributed by atoms with Crippen LogP contribution in [0.2, 0.25) is 0 Å². The lowest BCUT2D eigenvalue weighted by molar-refractivity contribution is 0.0697. The van der Waals surface area contributed by atoms with Crippen molar-refractivity contribution in [1.82, 2.24) is 4.98 Å². The van der Waals surface area contributed by atoms with Crippen molar-refractivity contribution < 1.29 is 18.3 Å². The molecule has 0 fully saturated rings. The van der Waals surface area contributed by atoms with Crippen molar-refractivity contribution >= 4 is 37.4 Å². The van der Waals surface area contributed by atoms with E-state index in [-0.39, 0.29) is 9.90 Å². The van der Waals surface area contributed by atoms with Crippen LogP contribution in [0.4, 0.5) is 0 Å². The molecule has 0 aliphatic heterocycles. The predicted molar refractivity (Wildman–Crippen MR) is 59.7 cm³/mol. The number of carboxylic acids is 1. The molecule has 2 aromatic rings. The smallest absolute Gasteiger partial charge is 0.335 e. The standard InChI is InChI=1S/C9H7NO4S2/c1-16(13,14)9-10-6-3-2-5(8(11)12)4-7(6)15-9/h2-4H,1H3,(H,11,12). The summed E-state index contributed by atoms with van der Waals surface area (Å²) in [6.07, 6.45) is 1.07. The van der Waals surface area contributed by atoms with Gasteiger partial charge in [0.2, 0.25) is 14.2 Å². The second-order valence-electron chi connectivity index (χ2n) is 3.24. The molecule has 5 nitrogen and oxygen atoms in total. The molecule has 0 spiro atoms. The Morgan fingerprint density at radius 1 is 1.44 bits per heavy atom. The molecule has 1 aromatic carbocycles. The molecule has 0 bridgehead atoms. The summed E-state index contributed by atoms with van der Waals surface area (Å²) in [7, 11) is -3.34. The van der Waals surface area contributed by atoms with Gasteiger partial charge in [0, 0.05) is 6.26 Å². The van der Waals surface area contributed by atoms with Gasteiger partial charge in [-0.2, -0.15) is 0 Å². The molecule has 2 rings (SSSR count). The van der Waals surface area contributed by atoms with Crippen molar-refractivity contribution in [3.8, 4) is 0 Å². The summed E-state index contributed by atoms with van der Waals surface area (Å²) in [6, 6.07) is 4.32. The van der Waals surface area contributed by atoms with Crippen molar-refractivity contribution in [2.75, 3.05) is 6.26 Å². The van der Waals surface area contributed by atoms with Crippen molar-refractivity contribution in [3.05, 3.63) is 23.8 Å². The van der Waals surface area contributed by atoms with Crippen molar-refractivity contribution in [1.29, 1.82) is 0 Å². The van der Waals surface area contributed by atoms with Gasteiger partial charge in [0.05, 0.1) is 15.8 Å². The Morgan fingerprint density at radius 2 is 2.12 bits per heavy atom. The molecule has 0 unspecified atom stereocenters. The number of hydrogen-bond donors (Lipinski definition) is 1. The number of thiazole rings is 1. The lowest BCUT2D eigenvalue weighted by Gasteiger charge is -1.91. The molecule has 0 atom stereocenters. The van der Waals surface area contributed by atoms with Gasteiger partial charge in [-0.15, -0.1) is 11.3 Å². The zero-order chi connectivity index (χ0) is 11.9. The summed E-state index contributed by atoms with van der Waals surface area (Å²) < 4.78 is 23.1. The highest BCUT2D eigenvalue weighted by molar-refractivity contribution is 7.92. The second kappa shape index (κ2) is 3.53. The third-order valence-corrected chi connectivity index (χ3v) is 4.63. The minimum Gasteiger partial charge on any atom is -0.478 e. The average molecular weight is 257 g/mol. The number of hydrogen-bond acceptors (Lipinski definition) is 5. The lowest BCUT2D eigenvalue weighted by Crippen LogP contribution is -1.95. The Hall–Kier alpha value is -1.47. The van der Waals surface area contributed by atoms with E-state index >= 15 is 0 Å². The fourth-order valence-electron chi connectivity index (χ4n) is 1.20. The number of aromatic nitrogens is 1. The third-order valence-electron chi connectivity index (χ3n) is 1.93. The van der Waals surface area contributed by atoms with Gasteiger partial charge in [0.15, 0.2) is 0 Å². The third kappa shape index (κ3) is 1.91. The number of fused-ring (bicyclic) bond motifs is 1. The number of nitrogens with zero attached hydrogens (tertiary/aromatic N) is 1. The maximum absolute atomic E-state index is 11.3. The highest BCUT2D eigenvalue weighted by Gasteiger charge is 2.14. The molecule has 0 aliphatic carbocycles. The quantitative estimate of drug-likeness (QED) is 0.879. The molecule has 0 aliphatic rings. The summed E-state index contributed by atoms with van der Waals surface area (Å²) in [5.41, 5.74) is 0.617. The van der Waals surface area contributed by atoms with E-state index < -0.39 is 15.8 Å². The van der Waals surface area contributed by atoms with Gasteiger partial charge in [0.1, 0.15) is 0 Å². The molecule has 0 amide bonds.